The van der Waals surface area contributed by atoms with E-state index in [1.165, 1.54) is 0 Å². The first-order valence-corrected chi connectivity index (χ1v) is 8.86. The number of aliphatic hydroxyl groups excluding tert-OH is 1. The number of nitrogens with zero attached hydrogens (tertiary/aromatic N) is 2. The smallest absolute Gasteiger partial charge is 0.252 e. The fraction of sp³-hybridized carbons (Fsp3) is 0.286. The summed E-state index contributed by atoms with van der Waals surface area (Å²) >= 11 is 0. The van der Waals surface area contributed by atoms with Crippen LogP contribution in [0.4, 0.5) is 0 Å². The maximum absolute atomic E-state index is 13.0. The summed E-state index contributed by atoms with van der Waals surface area (Å²) in [5, 5.41) is 13.4. The monoisotopic (exact) mass is 349 g/mol. The summed E-state index contributed by atoms with van der Waals surface area (Å²) in [6.45, 7) is 3.98. The molecule has 2 unspecified atom stereocenters. The largest absolute Gasteiger partial charge is 0.394 e. The van der Waals surface area contributed by atoms with Crippen molar-refractivity contribution in [2.75, 3.05) is 6.61 Å². The van der Waals surface area contributed by atoms with Crippen molar-refractivity contribution in [1.82, 2.24) is 15.3 Å². The molecule has 0 spiro atoms. The Bertz CT molecular complexity index is 896. The molecule has 1 aromatic carbocycles. The van der Waals surface area contributed by atoms with Gasteiger partial charge in [-0.15, -0.1) is 0 Å². The van der Waals surface area contributed by atoms with E-state index < -0.39 is 0 Å². The van der Waals surface area contributed by atoms with Gasteiger partial charge in [0.1, 0.15) is 0 Å². The molecule has 2 aromatic heterocycles. The highest BCUT2D eigenvalue weighted by Crippen LogP contribution is 2.24. The first-order chi connectivity index (χ1) is 12.6. The number of rotatable bonds is 6. The fourth-order valence-electron chi connectivity index (χ4n) is 2.93. The minimum atomic E-state index is -0.274. The molecular formula is C21H23N3O2. The third-order valence-electron chi connectivity index (χ3n) is 4.78. The fourth-order valence-corrected chi connectivity index (χ4v) is 2.93. The van der Waals surface area contributed by atoms with Gasteiger partial charge in [0.05, 0.1) is 29.4 Å². The minimum absolute atomic E-state index is 0.0824. The third kappa shape index (κ3) is 3.73. The van der Waals surface area contributed by atoms with Crippen molar-refractivity contribution in [2.45, 2.75) is 26.3 Å². The summed E-state index contributed by atoms with van der Waals surface area (Å²) < 4.78 is 0. The number of carbonyl (C=O) groups is 1. The molecule has 0 fully saturated rings. The predicted octanol–water partition coefficient (Wildman–Crippen LogP) is 3.43. The van der Waals surface area contributed by atoms with Crippen molar-refractivity contribution >= 4 is 16.8 Å². The molecule has 0 saturated heterocycles. The molecule has 3 rings (SSSR count). The van der Waals surface area contributed by atoms with Crippen LogP contribution in [-0.2, 0) is 0 Å². The topological polar surface area (TPSA) is 75.1 Å². The van der Waals surface area contributed by atoms with E-state index in [9.17, 15) is 9.90 Å². The number of nitrogens with one attached hydrogen (secondary N) is 1. The molecule has 0 aliphatic rings. The van der Waals surface area contributed by atoms with E-state index >= 15 is 0 Å². The highest BCUT2D eigenvalue weighted by Gasteiger charge is 2.20. The van der Waals surface area contributed by atoms with Gasteiger partial charge in [-0.05, 0) is 30.2 Å². The summed E-state index contributed by atoms with van der Waals surface area (Å²) in [6, 6.07) is 12.9. The van der Waals surface area contributed by atoms with E-state index in [-0.39, 0.29) is 24.5 Å². The molecule has 0 aliphatic heterocycles. The zero-order valence-corrected chi connectivity index (χ0v) is 15.0. The van der Waals surface area contributed by atoms with Gasteiger partial charge in [0.25, 0.3) is 5.91 Å². The highest BCUT2D eigenvalue weighted by atomic mass is 16.3. The molecule has 1 amide bonds. The van der Waals surface area contributed by atoms with Crippen LogP contribution in [0.2, 0.25) is 0 Å². The molecule has 2 atom stereocenters. The van der Waals surface area contributed by atoms with Crippen molar-refractivity contribution in [3.05, 3.63) is 60.4 Å². The molecule has 26 heavy (non-hydrogen) atoms. The van der Waals surface area contributed by atoms with Crippen LogP contribution in [-0.4, -0.2) is 33.6 Å². The Morgan fingerprint density at radius 3 is 2.62 bits per heavy atom. The number of hydrogen-bond acceptors (Lipinski definition) is 4. The van der Waals surface area contributed by atoms with Gasteiger partial charge in [-0.3, -0.25) is 9.78 Å². The van der Waals surface area contributed by atoms with Gasteiger partial charge in [-0.1, -0.05) is 38.5 Å². The molecule has 3 aromatic rings. The van der Waals surface area contributed by atoms with Crippen LogP contribution in [0.3, 0.4) is 0 Å². The maximum Gasteiger partial charge on any atom is 0.252 e. The number of aromatic nitrogens is 2. The van der Waals surface area contributed by atoms with Crippen molar-refractivity contribution in [2.24, 2.45) is 5.92 Å². The van der Waals surface area contributed by atoms with E-state index in [1.54, 1.807) is 18.5 Å². The number of fused-ring (bicyclic) bond motifs is 1. The standard InChI is InChI=1S/C21H23N3O2/c1-3-14(2)20(13-25)24-21(26)17-12-19(15-8-10-22-11-9-15)23-18-7-5-4-6-16(17)18/h4-12,14,20,25H,3,13H2,1-2H3,(H,24,26). The van der Waals surface area contributed by atoms with Crippen LogP contribution in [0, 0.1) is 5.92 Å². The lowest BCUT2D eigenvalue weighted by Gasteiger charge is -2.22. The SMILES string of the molecule is CCC(C)C(CO)NC(=O)c1cc(-c2ccncc2)nc2ccccc12. The average Bonchev–Trinajstić information content (AvgIpc) is 2.71. The van der Waals surface area contributed by atoms with Crippen LogP contribution in [0.1, 0.15) is 30.6 Å². The quantitative estimate of drug-likeness (QED) is 0.715. The summed E-state index contributed by atoms with van der Waals surface area (Å²) in [5.41, 5.74) is 2.95. The maximum atomic E-state index is 13.0. The lowest BCUT2D eigenvalue weighted by Crippen LogP contribution is -2.42. The van der Waals surface area contributed by atoms with Crippen LogP contribution < -0.4 is 5.32 Å². The minimum Gasteiger partial charge on any atom is -0.394 e. The average molecular weight is 349 g/mol. The summed E-state index contributed by atoms with van der Waals surface area (Å²) in [5.74, 6) is -0.00465. The Labute approximate surface area is 153 Å². The van der Waals surface area contributed by atoms with Crippen molar-refractivity contribution in [3.8, 4) is 11.3 Å². The molecule has 0 bridgehead atoms. The lowest BCUT2D eigenvalue weighted by molar-refractivity contribution is 0.0893. The van der Waals surface area contributed by atoms with Crippen LogP contribution in [0.5, 0.6) is 0 Å². The van der Waals surface area contributed by atoms with Crippen molar-refractivity contribution < 1.29 is 9.90 Å². The van der Waals surface area contributed by atoms with Gasteiger partial charge in [-0.25, -0.2) is 4.98 Å². The second kappa shape index (κ2) is 8.06. The second-order valence-electron chi connectivity index (χ2n) is 6.46. The molecule has 5 heteroatoms. The number of hydrogen-bond donors (Lipinski definition) is 2. The molecule has 0 radical (unpaired) electrons. The molecule has 0 aliphatic carbocycles. The Balaban J connectivity index is 2.05. The molecule has 5 nitrogen and oxygen atoms in total. The van der Waals surface area contributed by atoms with Gasteiger partial charge in [-0.2, -0.15) is 0 Å². The number of pyridine rings is 2. The molecule has 0 saturated carbocycles. The van der Waals surface area contributed by atoms with Gasteiger partial charge in [0.15, 0.2) is 0 Å². The molecule has 134 valence electrons. The second-order valence-corrected chi connectivity index (χ2v) is 6.46. The Morgan fingerprint density at radius 2 is 1.92 bits per heavy atom. The molecule has 2 heterocycles. The Hall–Kier alpha value is -2.79. The summed E-state index contributed by atoms with van der Waals surface area (Å²) in [4.78, 5) is 21.7. The number of carbonyl (C=O) groups excluding carboxylic acids is 1. The summed E-state index contributed by atoms with van der Waals surface area (Å²) in [7, 11) is 0. The van der Waals surface area contributed by atoms with Crippen LogP contribution in [0.25, 0.3) is 22.2 Å². The number of para-hydroxylation sites is 1. The number of aliphatic hydroxyl groups is 1. The van der Waals surface area contributed by atoms with Gasteiger partial charge in [0.2, 0.25) is 0 Å². The van der Waals surface area contributed by atoms with E-state index in [2.05, 4.69) is 15.3 Å². The number of amides is 1. The highest BCUT2D eigenvalue weighted by molar-refractivity contribution is 6.07. The van der Waals surface area contributed by atoms with E-state index in [4.69, 9.17) is 0 Å². The molecular weight excluding hydrogens is 326 g/mol. The Morgan fingerprint density at radius 1 is 1.19 bits per heavy atom. The zero-order chi connectivity index (χ0) is 18.5. The first-order valence-electron chi connectivity index (χ1n) is 8.86. The van der Waals surface area contributed by atoms with Crippen molar-refractivity contribution in [3.63, 3.8) is 0 Å². The van der Waals surface area contributed by atoms with E-state index in [0.29, 0.717) is 5.56 Å². The van der Waals surface area contributed by atoms with Gasteiger partial charge < -0.3 is 10.4 Å². The predicted molar refractivity (Wildman–Crippen MR) is 103 cm³/mol. The first kappa shape index (κ1) is 18.0. The van der Waals surface area contributed by atoms with Crippen LogP contribution >= 0.6 is 0 Å². The van der Waals surface area contributed by atoms with Gasteiger partial charge >= 0.3 is 0 Å². The number of benzene rings is 1. The van der Waals surface area contributed by atoms with Gasteiger partial charge in [0, 0.05) is 23.3 Å². The lowest BCUT2D eigenvalue weighted by atomic mass is 9.98. The van der Waals surface area contributed by atoms with E-state index in [0.717, 1.165) is 28.6 Å². The normalized spacial score (nSPS) is 13.3. The summed E-state index contributed by atoms with van der Waals surface area (Å²) in [6.07, 6.45) is 4.29. The van der Waals surface area contributed by atoms with Crippen LogP contribution in [0.15, 0.2) is 54.9 Å². The Kier molecular flexibility index (Phi) is 5.58. The zero-order valence-electron chi connectivity index (χ0n) is 15.0. The van der Waals surface area contributed by atoms with Crippen molar-refractivity contribution in [1.29, 1.82) is 0 Å². The third-order valence-corrected chi connectivity index (χ3v) is 4.78. The molecule has 2 N–H and O–H groups in total. The van der Waals surface area contributed by atoms with E-state index in [1.807, 2.05) is 50.2 Å².